The van der Waals surface area contributed by atoms with E-state index in [0.717, 1.165) is 50.4 Å². The highest BCUT2D eigenvalue weighted by Crippen LogP contribution is 2.41. The van der Waals surface area contributed by atoms with Gasteiger partial charge in [0.15, 0.2) is 5.13 Å². The number of anilines is 2. The smallest absolute Gasteiger partial charge is 0.229 e. The quantitative estimate of drug-likeness (QED) is 0.449. The van der Waals surface area contributed by atoms with Gasteiger partial charge < -0.3 is 14.8 Å². The van der Waals surface area contributed by atoms with Crippen LogP contribution in [-0.2, 0) is 17.9 Å². The number of fused-ring (bicyclic) bond motifs is 3. The highest BCUT2D eigenvalue weighted by atomic mass is 32.1. The lowest BCUT2D eigenvalue weighted by Gasteiger charge is -2.12. The third kappa shape index (κ3) is 4.09. The Morgan fingerprint density at radius 3 is 2.81 bits per heavy atom. The number of aryl methyl sites for hydroxylation is 1. The fourth-order valence-corrected chi connectivity index (χ4v) is 4.63. The molecule has 9 heteroatoms. The molecule has 32 heavy (non-hydrogen) atoms. The Labute approximate surface area is 190 Å². The Morgan fingerprint density at radius 2 is 2.06 bits per heavy atom. The van der Waals surface area contributed by atoms with Crippen LogP contribution >= 0.6 is 11.3 Å². The Kier molecular flexibility index (Phi) is 5.59. The number of ether oxygens (including phenoxy) is 2. The van der Waals surface area contributed by atoms with Crippen molar-refractivity contribution in [1.29, 1.82) is 0 Å². The molecule has 4 heterocycles. The molecule has 1 aliphatic heterocycles. The number of hydrogen-bond donors (Lipinski definition) is 1. The average Bonchev–Trinajstić information content (AvgIpc) is 3.36. The maximum atomic E-state index is 6.20. The van der Waals surface area contributed by atoms with Crippen molar-refractivity contribution in [3.8, 4) is 17.0 Å². The molecule has 0 saturated heterocycles. The van der Waals surface area contributed by atoms with Gasteiger partial charge in [0.1, 0.15) is 17.5 Å². The van der Waals surface area contributed by atoms with E-state index in [9.17, 15) is 0 Å². The van der Waals surface area contributed by atoms with Crippen molar-refractivity contribution < 1.29 is 9.47 Å². The molecule has 0 bridgehead atoms. The number of aromatic nitrogens is 5. The minimum absolute atomic E-state index is 0.0555. The zero-order valence-corrected chi connectivity index (χ0v) is 19.0. The van der Waals surface area contributed by atoms with E-state index in [0.29, 0.717) is 19.1 Å². The fourth-order valence-electron chi connectivity index (χ4n) is 3.74. The molecular weight excluding hydrogens is 424 g/mol. The molecular formula is C23H24N6O2S. The first-order valence-corrected chi connectivity index (χ1v) is 11.3. The first-order chi connectivity index (χ1) is 15.6. The largest absolute Gasteiger partial charge is 0.497 e. The van der Waals surface area contributed by atoms with Crippen LogP contribution in [0.1, 0.15) is 41.3 Å². The zero-order chi connectivity index (χ0) is 22.1. The van der Waals surface area contributed by atoms with Crippen molar-refractivity contribution in [1.82, 2.24) is 24.7 Å². The fraction of sp³-hybridized carbons (Fsp3) is 0.304. The van der Waals surface area contributed by atoms with Crippen molar-refractivity contribution in [2.45, 2.75) is 39.5 Å². The minimum atomic E-state index is -0.0555. The number of nitrogens with zero attached hydrogens (tertiary/aromatic N) is 5. The predicted octanol–water partition coefficient (Wildman–Crippen LogP) is 4.89. The van der Waals surface area contributed by atoms with Gasteiger partial charge in [-0.1, -0.05) is 30.4 Å². The summed E-state index contributed by atoms with van der Waals surface area (Å²) in [5.74, 6) is 1.38. The van der Waals surface area contributed by atoms with E-state index in [-0.39, 0.29) is 6.10 Å². The van der Waals surface area contributed by atoms with E-state index in [4.69, 9.17) is 19.6 Å². The van der Waals surface area contributed by atoms with Crippen molar-refractivity contribution in [2.75, 3.05) is 12.4 Å². The summed E-state index contributed by atoms with van der Waals surface area (Å²) in [7, 11) is 1.67. The maximum absolute atomic E-state index is 6.20. The van der Waals surface area contributed by atoms with Gasteiger partial charge in [-0.2, -0.15) is 5.10 Å². The van der Waals surface area contributed by atoms with Gasteiger partial charge in [0.2, 0.25) is 5.95 Å². The van der Waals surface area contributed by atoms with Crippen molar-refractivity contribution in [2.24, 2.45) is 0 Å². The van der Waals surface area contributed by atoms with E-state index >= 15 is 0 Å². The number of rotatable bonds is 6. The molecule has 1 atom stereocenters. The normalized spacial score (nSPS) is 15.0. The van der Waals surface area contributed by atoms with Crippen LogP contribution in [0.2, 0.25) is 0 Å². The van der Waals surface area contributed by atoms with Gasteiger partial charge in [0.25, 0.3) is 0 Å². The zero-order valence-electron chi connectivity index (χ0n) is 18.2. The van der Waals surface area contributed by atoms with Crippen LogP contribution in [0.25, 0.3) is 11.3 Å². The number of thiazole rings is 1. The standard InChI is InChI=1S/C23H24N6O2S/c1-4-18-20-17(12-29(28-20)11-15-5-7-16(30-3)8-6-15)21-19(13-31-18)32-23(26-21)27-22-24-10-9-14(2)25-22/h5-10,12,18H,4,11,13H2,1-3H3,(H,24,25,26,27). The van der Waals surface area contributed by atoms with Gasteiger partial charge in [-0.15, -0.1) is 0 Å². The Morgan fingerprint density at radius 1 is 1.22 bits per heavy atom. The molecule has 4 aromatic rings. The van der Waals surface area contributed by atoms with Crippen LogP contribution in [-0.4, -0.2) is 31.8 Å². The summed E-state index contributed by atoms with van der Waals surface area (Å²) < 4.78 is 13.4. The molecule has 8 nitrogen and oxygen atoms in total. The monoisotopic (exact) mass is 448 g/mol. The topological polar surface area (TPSA) is 87.0 Å². The summed E-state index contributed by atoms with van der Waals surface area (Å²) in [5.41, 5.74) is 4.92. The highest BCUT2D eigenvalue weighted by molar-refractivity contribution is 7.16. The molecule has 1 N–H and O–H groups in total. The van der Waals surface area contributed by atoms with E-state index in [2.05, 4.69) is 40.5 Å². The number of methoxy groups -OCH3 is 1. The number of benzene rings is 1. The second-order valence-electron chi connectivity index (χ2n) is 7.62. The molecule has 0 aliphatic carbocycles. The highest BCUT2D eigenvalue weighted by Gasteiger charge is 2.28. The molecule has 0 radical (unpaired) electrons. The summed E-state index contributed by atoms with van der Waals surface area (Å²) in [6.07, 6.45) is 4.60. The molecule has 0 fully saturated rings. The van der Waals surface area contributed by atoms with Crippen molar-refractivity contribution in [3.05, 3.63) is 64.6 Å². The van der Waals surface area contributed by atoms with E-state index < -0.39 is 0 Å². The Bertz CT molecular complexity index is 1230. The molecule has 0 saturated carbocycles. The van der Waals surface area contributed by atoms with Crippen LogP contribution in [0, 0.1) is 6.92 Å². The lowest BCUT2D eigenvalue weighted by Crippen LogP contribution is -2.06. The molecule has 0 spiro atoms. The van der Waals surface area contributed by atoms with Crippen molar-refractivity contribution in [3.63, 3.8) is 0 Å². The van der Waals surface area contributed by atoms with Crippen LogP contribution < -0.4 is 10.1 Å². The Balaban J connectivity index is 1.47. The summed E-state index contributed by atoms with van der Waals surface area (Å²) in [6.45, 7) is 5.23. The first-order valence-electron chi connectivity index (χ1n) is 10.5. The summed E-state index contributed by atoms with van der Waals surface area (Å²) in [6, 6.07) is 9.90. The van der Waals surface area contributed by atoms with Gasteiger partial charge in [-0.05, 0) is 37.1 Å². The maximum Gasteiger partial charge on any atom is 0.229 e. The average molecular weight is 449 g/mol. The Hall–Kier alpha value is -3.30. The lowest BCUT2D eigenvalue weighted by atomic mass is 10.1. The lowest BCUT2D eigenvalue weighted by molar-refractivity contribution is 0.0377. The molecule has 1 aromatic carbocycles. The SMILES string of the molecule is CCC1OCc2sc(Nc3nccc(C)n3)nc2-c2cn(Cc3ccc(OC)cc3)nc21. The number of nitrogens with one attached hydrogen (secondary N) is 1. The second kappa shape index (κ2) is 8.68. The molecule has 164 valence electrons. The molecule has 5 rings (SSSR count). The number of hydrogen-bond acceptors (Lipinski definition) is 8. The molecule has 0 amide bonds. The van der Waals surface area contributed by atoms with Crippen LogP contribution in [0.5, 0.6) is 5.75 Å². The van der Waals surface area contributed by atoms with E-state index in [1.807, 2.05) is 29.8 Å². The van der Waals surface area contributed by atoms with Gasteiger partial charge in [-0.3, -0.25) is 4.68 Å². The van der Waals surface area contributed by atoms with E-state index in [1.165, 1.54) is 0 Å². The van der Waals surface area contributed by atoms with Crippen molar-refractivity contribution >= 4 is 22.4 Å². The summed E-state index contributed by atoms with van der Waals surface area (Å²) in [5, 5.41) is 8.85. The van der Waals surface area contributed by atoms with Crippen LogP contribution in [0.15, 0.2) is 42.7 Å². The molecule has 1 aliphatic rings. The van der Waals surface area contributed by atoms with E-state index in [1.54, 1.807) is 24.6 Å². The van der Waals surface area contributed by atoms with Crippen LogP contribution in [0.3, 0.4) is 0 Å². The minimum Gasteiger partial charge on any atom is -0.497 e. The molecule has 1 unspecified atom stereocenters. The summed E-state index contributed by atoms with van der Waals surface area (Å²) >= 11 is 1.56. The van der Waals surface area contributed by atoms with Gasteiger partial charge >= 0.3 is 0 Å². The predicted molar refractivity (Wildman–Crippen MR) is 123 cm³/mol. The first kappa shape index (κ1) is 20.6. The third-order valence-corrected chi connectivity index (χ3v) is 6.30. The second-order valence-corrected chi connectivity index (χ2v) is 8.70. The third-order valence-electron chi connectivity index (χ3n) is 5.35. The van der Waals surface area contributed by atoms with Gasteiger partial charge in [0, 0.05) is 23.7 Å². The van der Waals surface area contributed by atoms with Gasteiger partial charge in [-0.25, -0.2) is 15.0 Å². The van der Waals surface area contributed by atoms with Gasteiger partial charge in [0.05, 0.1) is 30.8 Å². The summed E-state index contributed by atoms with van der Waals surface area (Å²) in [4.78, 5) is 14.6. The van der Waals surface area contributed by atoms with Crippen LogP contribution in [0.4, 0.5) is 11.1 Å². The molecule has 3 aromatic heterocycles.